The number of methoxy groups -OCH3 is 2. The van der Waals surface area contributed by atoms with Gasteiger partial charge in [-0.15, -0.1) is 12.4 Å². The summed E-state index contributed by atoms with van der Waals surface area (Å²) in [6.45, 7) is 1.04. The van der Waals surface area contributed by atoms with E-state index in [1.807, 2.05) is 7.05 Å². The predicted molar refractivity (Wildman–Crippen MR) is 87.6 cm³/mol. The van der Waals surface area contributed by atoms with E-state index in [0.29, 0.717) is 30.6 Å². The number of hydrogen-bond acceptors (Lipinski definition) is 5. The van der Waals surface area contributed by atoms with Crippen molar-refractivity contribution in [3.8, 4) is 11.5 Å². The number of nitrogens with one attached hydrogen (secondary N) is 1. The lowest BCUT2D eigenvalue weighted by Gasteiger charge is -2.31. The summed E-state index contributed by atoms with van der Waals surface area (Å²) in [5.74, 6) is 0.941. The lowest BCUT2D eigenvalue weighted by atomic mass is 10.1. The molecule has 2 rings (SSSR count). The summed E-state index contributed by atoms with van der Waals surface area (Å²) >= 11 is 0. The highest BCUT2D eigenvalue weighted by molar-refractivity contribution is 7.89. The zero-order valence-electron chi connectivity index (χ0n) is 13.0. The Morgan fingerprint density at radius 3 is 2.00 bits per heavy atom. The van der Waals surface area contributed by atoms with E-state index in [9.17, 15) is 8.42 Å². The lowest BCUT2D eigenvalue weighted by Crippen LogP contribution is -2.43. The fourth-order valence-corrected chi connectivity index (χ4v) is 3.98. The zero-order chi connectivity index (χ0) is 15.5. The van der Waals surface area contributed by atoms with Crippen LogP contribution in [0.15, 0.2) is 23.1 Å². The van der Waals surface area contributed by atoms with E-state index in [1.54, 1.807) is 6.07 Å². The molecule has 1 aromatic carbocycles. The van der Waals surface area contributed by atoms with Gasteiger partial charge in [-0.1, -0.05) is 0 Å². The predicted octanol–water partition coefficient (Wildman–Crippen LogP) is 1.50. The molecule has 0 aromatic heterocycles. The van der Waals surface area contributed by atoms with Crippen LogP contribution >= 0.6 is 12.4 Å². The van der Waals surface area contributed by atoms with Crippen LogP contribution in [0, 0.1) is 0 Å². The maximum absolute atomic E-state index is 12.7. The highest BCUT2D eigenvalue weighted by Gasteiger charge is 2.29. The van der Waals surface area contributed by atoms with Crippen LogP contribution in [0.5, 0.6) is 11.5 Å². The first kappa shape index (κ1) is 19.0. The third-order valence-electron chi connectivity index (χ3n) is 3.82. The molecule has 1 aliphatic rings. The van der Waals surface area contributed by atoms with Crippen molar-refractivity contribution < 1.29 is 17.9 Å². The van der Waals surface area contributed by atoms with E-state index < -0.39 is 10.0 Å². The molecular formula is C14H23ClN2O4S. The van der Waals surface area contributed by atoms with Crippen LogP contribution in [0.2, 0.25) is 0 Å². The topological polar surface area (TPSA) is 67.9 Å². The van der Waals surface area contributed by atoms with E-state index in [4.69, 9.17) is 9.47 Å². The molecule has 1 saturated heterocycles. The lowest BCUT2D eigenvalue weighted by molar-refractivity contribution is 0.298. The van der Waals surface area contributed by atoms with Gasteiger partial charge >= 0.3 is 0 Å². The summed E-state index contributed by atoms with van der Waals surface area (Å²) < 4.78 is 37.2. The first-order valence-electron chi connectivity index (χ1n) is 6.91. The number of rotatable bonds is 5. The smallest absolute Gasteiger partial charge is 0.243 e. The van der Waals surface area contributed by atoms with E-state index in [2.05, 4.69) is 5.32 Å². The zero-order valence-corrected chi connectivity index (χ0v) is 14.7. The summed E-state index contributed by atoms with van der Waals surface area (Å²) in [6, 6.07) is 5.10. The van der Waals surface area contributed by atoms with Crippen molar-refractivity contribution in [2.24, 2.45) is 0 Å². The highest BCUT2D eigenvalue weighted by atomic mass is 35.5. The van der Waals surface area contributed by atoms with Crippen LogP contribution in [0.3, 0.4) is 0 Å². The summed E-state index contributed by atoms with van der Waals surface area (Å²) in [5, 5.41) is 3.19. The largest absolute Gasteiger partial charge is 0.497 e. The van der Waals surface area contributed by atoms with E-state index in [1.165, 1.54) is 30.7 Å². The standard InChI is InChI=1S/C14H22N2O4S.ClH/c1-15-11-4-6-16(7-5-11)21(17,18)14-9-12(19-2)8-13(10-14)20-3;/h8-11,15H,4-7H2,1-3H3;1H. The van der Waals surface area contributed by atoms with Crippen LogP contribution < -0.4 is 14.8 Å². The average molecular weight is 351 g/mol. The average Bonchev–Trinajstić information content (AvgIpc) is 2.54. The Morgan fingerprint density at radius 1 is 1.09 bits per heavy atom. The van der Waals surface area contributed by atoms with Gasteiger partial charge < -0.3 is 14.8 Å². The number of sulfonamides is 1. The Hall–Kier alpha value is -1.02. The summed E-state index contributed by atoms with van der Waals surface area (Å²) in [5.41, 5.74) is 0. The van der Waals surface area contributed by atoms with E-state index in [-0.39, 0.29) is 17.3 Å². The molecule has 0 saturated carbocycles. The molecule has 1 heterocycles. The van der Waals surface area contributed by atoms with Gasteiger partial charge in [-0.3, -0.25) is 0 Å². The third kappa shape index (κ3) is 4.04. The summed E-state index contributed by atoms with van der Waals surface area (Å²) in [4.78, 5) is 0.210. The molecule has 1 aromatic rings. The molecule has 1 fully saturated rings. The van der Waals surface area contributed by atoms with Crippen LogP contribution in [-0.4, -0.2) is 53.1 Å². The molecule has 0 unspecified atom stereocenters. The van der Waals surface area contributed by atoms with Gasteiger partial charge in [-0.2, -0.15) is 4.31 Å². The maximum Gasteiger partial charge on any atom is 0.243 e. The molecule has 8 heteroatoms. The molecule has 0 atom stereocenters. The van der Waals surface area contributed by atoms with Gasteiger partial charge in [0, 0.05) is 37.3 Å². The van der Waals surface area contributed by atoms with Gasteiger partial charge in [0.05, 0.1) is 19.1 Å². The van der Waals surface area contributed by atoms with Crippen LogP contribution in [0.1, 0.15) is 12.8 Å². The van der Waals surface area contributed by atoms with Crippen LogP contribution in [-0.2, 0) is 10.0 Å². The molecule has 22 heavy (non-hydrogen) atoms. The first-order valence-corrected chi connectivity index (χ1v) is 8.35. The van der Waals surface area contributed by atoms with Crippen molar-refractivity contribution in [3.63, 3.8) is 0 Å². The number of hydrogen-bond donors (Lipinski definition) is 1. The molecule has 1 aliphatic heterocycles. The monoisotopic (exact) mass is 350 g/mol. The second kappa shape index (κ2) is 8.01. The molecule has 1 N–H and O–H groups in total. The van der Waals surface area contributed by atoms with Crippen LogP contribution in [0.4, 0.5) is 0 Å². The summed E-state index contributed by atoms with van der Waals surface area (Å²) in [7, 11) is 1.40. The molecule has 6 nitrogen and oxygen atoms in total. The quantitative estimate of drug-likeness (QED) is 0.871. The molecule has 0 spiro atoms. The first-order chi connectivity index (χ1) is 10.0. The van der Waals surface area contributed by atoms with Gasteiger partial charge in [0.1, 0.15) is 11.5 Å². The Bertz CT molecular complexity index is 564. The molecule has 0 radical (unpaired) electrons. The van der Waals surface area contributed by atoms with Crippen molar-refractivity contribution in [1.82, 2.24) is 9.62 Å². The Labute approximate surface area is 138 Å². The van der Waals surface area contributed by atoms with Gasteiger partial charge in [0.2, 0.25) is 10.0 Å². The van der Waals surface area contributed by atoms with E-state index in [0.717, 1.165) is 12.8 Å². The fourth-order valence-electron chi connectivity index (χ4n) is 2.46. The fraction of sp³-hybridized carbons (Fsp3) is 0.571. The van der Waals surface area contributed by atoms with Crippen molar-refractivity contribution in [1.29, 1.82) is 0 Å². The van der Waals surface area contributed by atoms with Gasteiger partial charge in [-0.05, 0) is 19.9 Å². The van der Waals surface area contributed by atoms with E-state index >= 15 is 0 Å². The normalized spacial score (nSPS) is 16.9. The minimum atomic E-state index is -3.51. The number of ether oxygens (including phenoxy) is 2. The van der Waals surface area contributed by atoms with Gasteiger partial charge in [0.15, 0.2) is 0 Å². The molecule has 0 aliphatic carbocycles. The van der Waals surface area contributed by atoms with Gasteiger partial charge in [0.25, 0.3) is 0 Å². The number of benzene rings is 1. The SMILES string of the molecule is CNC1CCN(S(=O)(=O)c2cc(OC)cc(OC)c2)CC1.Cl. The Kier molecular flexibility index (Phi) is 6.93. The second-order valence-electron chi connectivity index (χ2n) is 5.02. The van der Waals surface area contributed by atoms with Crippen molar-refractivity contribution in [3.05, 3.63) is 18.2 Å². The van der Waals surface area contributed by atoms with Crippen molar-refractivity contribution in [2.45, 2.75) is 23.8 Å². The third-order valence-corrected chi connectivity index (χ3v) is 5.70. The molecule has 0 bridgehead atoms. The molecular weight excluding hydrogens is 328 g/mol. The summed E-state index contributed by atoms with van der Waals surface area (Å²) in [6.07, 6.45) is 1.63. The number of halogens is 1. The van der Waals surface area contributed by atoms with Crippen molar-refractivity contribution >= 4 is 22.4 Å². The Balaban J connectivity index is 0.00000242. The number of piperidine rings is 1. The van der Waals surface area contributed by atoms with Crippen LogP contribution in [0.25, 0.3) is 0 Å². The maximum atomic E-state index is 12.7. The van der Waals surface area contributed by atoms with Gasteiger partial charge in [-0.25, -0.2) is 8.42 Å². The number of nitrogens with zero attached hydrogens (tertiary/aromatic N) is 1. The highest BCUT2D eigenvalue weighted by Crippen LogP contribution is 2.28. The molecule has 0 amide bonds. The van der Waals surface area contributed by atoms with Crippen molar-refractivity contribution in [2.75, 3.05) is 34.4 Å². The molecule has 126 valence electrons. The minimum Gasteiger partial charge on any atom is -0.497 e. The minimum absolute atomic E-state index is 0. The second-order valence-corrected chi connectivity index (χ2v) is 6.95. The Morgan fingerprint density at radius 2 is 1.59 bits per heavy atom.